The molecule has 0 aromatic heterocycles. The molecule has 0 aliphatic rings. The number of hydrogen-bond donors (Lipinski definition) is 0. The van der Waals surface area contributed by atoms with Gasteiger partial charge >= 0.3 is 17.9 Å². The van der Waals surface area contributed by atoms with E-state index in [2.05, 4.69) is 81.5 Å². The Labute approximate surface area is 491 Å². The monoisotopic (exact) mass is 1110 g/mol. The Morgan fingerprint density at radius 1 is 0.253 bits per heavy atom. The molecule has 1 atom stereocenters. The Morgan fingerprint density at radius 3 is 0.734 bits per heavy atom. The highest BCUT2D eigenvalue weighted by atomic mass is 16.6. The second-order valence-electron chi connectivity index (χ2n) is 23.4. The number of carbonyl (C=O) groups is 3. The Morgan fingerprint density at radius 2 is 0.456 bits per heavy atom. The van der Waals surface area contributed by atoms with E-state index in [0.717, 1.165) is 96.3 Å². The average molecular weight is 1110 g/mol. The summed E-state index contributed by atoms with van der Waals surface area (Å²) >= 11 is 0. The van der Waals surface area contributed by atoms with Crippen LogP contribution in [0.2, 0.25) is 0 Å². The zero-order valence-electron chi connectivity index (χ0n) is 52.9. The van der Waals surface area contributed by atoms with Gasteiger partial charge in [0.15, 0.2) is 6.10 Å². The molecule has 0 saturated heterocycles. The molecule has 0 saturated carbocycles. The summed E-state index contributed by atoms with van der Waals surface area (Å²) in [5, 5.41) is 0. The maximum atomic E-state index is 12.9. The first-order chi connectivity index (χ1) is 39.0. The Hall–Kier alpha value is -2.89. The third-order valence-electron chi connectivity index (χ3n) is 15.5. The van der Waals surface area contributed by atoms with Crippen LogP contribution in [-0.4, -0.2) is 37.2 Å². The van der Waals surface area contributed by atoms with E-state index in [0.29, 0.717) is 19.3 Å². The maximum absolute atomic E-state index is 12.9. The molecule has 0 spiro atoms. The molecule has 0 fully saturated rings. The van der Waals surface area contributed by atoms with Gasteiger partial charge in [0.25, 0.3) is 0 Å². The minimum atomic E-state index is -0.780. The molecule has 1 unspecified atom stereocenters. The van der Waals surface area contributed by atoms with Gasteiger partial charge in [-0.25, -0.2) is 0 Å². The first kappa shape index (κ1) is 76.1. The fraction of sp³-hybridized carbons (Fsp3) is 0.822. The molecule has 0 aliphatic carbocycles. The van der Waals surface area contributed by atoms with Crippen molar-refractivity contribution in [3.63, 3.8) is 0 Å². The van der Waals surface area contributed by atoms with Gasteiger partial charge in [-0.2, -0.15) is 0 Å². The van der Waals surface area contributed by atoms with Gasteiger partial charge in [-0.15, -0.1) is 0 Å². The molecule has 0 aromatic rings. The SMILES string of the molecule is CCCCC/C=C\C/C=C\CCCCCCCC(=O)OC(COC(=O)CCCCCCCCCCCCCCCCC)COC(=O)CCCCCCCCCCCCCCCCCC/C=C\C/C=C\C/C=C\CCCCCCC. The molecule has 79 heavy (non-hydrogen) atoms. The molecule has 6 nitrogen and oxygen atoms in total. The van der Waals surface area contributed by atoms with Crippen molar-refractivity contribution >= 4 is 17.9 Å². The molecule has 0 heterocycles. The van der Waals surface area contributed by atoms with E-state index >= 15 is 0 Å². The molecule has 0 rings (SSSR count). The first-order valence-electron chi connectivity index (χ1n) is 34.8. The highest BCUT2D eigenvalue weighted by Gasteiger charge is 2.19. The lowest BCUT2D eigenvalue weighted by atomic mass is 10.0. The van der Waals surface area contributed by atoms with E-state index in [9.17, 15) is 14.4 Å². The van der Waals surface area contributed by atoms with Crippen molar-refractivity contribution in [1.82, 2.24) is 0 Å². The highest BCUT2D eigenvalue weighted by molar-refractivity contribution is 5.71. The normalized spacial score (nSPS) is 12.4. The standard InChI is InChI=1S/C73H132O6/c1-4-7-10-13-16-19-22-25-28-29-30-31-32-33-34-35-36-37-38-39-40-41-42-43-46-48-51-54-57-60-63-66-72(75)78-69-70(79-73(76)67-64-61-58-55-52-49-45-27-24-21-18-15-12-9-6-3)68-77-71(74)65-62-59-56-53-50-47-44-26-23-20-17-14-11-8-5-2/h18,21-22,25,27,29-30,32-33,45,70H,4-17,19-20,23-24,26,28,31,34-44,46-69H2,1-3H3/b21-18-,25-22-,30-29-,33-32-,45-27-. The number of rotatable bonds is 64. The summed E-state index contributed by atoms with van der Waals surface area (Å²) in [6.07, 6.45) is 86.7. The number of esters is 3. The van der Waals surface area contributed by atoms with Crippen LogP contribution >= 0.6 is 0 Å². The lowest BCUT2D eigenvalue weighted by Gasteiger charge is -2.18. The third kappa shape index (κ3) is 65.8. The lowest BCUT2D eigenvalue weighted by molar-refractivity contribution is -0.167. The second kappa shape index (κ2) is 67.6. The predicted octanol–water partition coefficient (Wildman–Crippen LogP) is 23.9. The summed E-state index contributed by atoms with van der Waals surface area (Å²) in [5.74, 6) is -0.867. The molecule has 6 heteroatoms. The number of carbonyl (C=O) groups excluding carboxylic acids is 3. The summed E-state index contributed by atoms with van der Waals surface area (Å²) in [5.41, 5.74) is 0. The molecular weight excluding hydrogens is 973 g/mol. The number of hydrogen-bond acceptors (Lipinski definition) is 6. The topological polar surface area (TPSA) is 78.9 Å². The van der Waals surface area contributed by atoms with Gasteiger partial charge in [0.05, 0.1) is 0 Å². The van der Waals surface area contributed by atoms with Crippen LogP contribution in [0.5, 0.6) is 0 Å². The van der Waals surface area contributed by atoms with Crippen LogP contribution < -0.4 is 0 Å². The van der Waals surface area contributed by atoms with Crippen molar-refractivity contribution in [3.05, 3.63) is 60.8 Å². The van der Waals surface area contributed by atoms with E-state index in [1.165, 1.54) is 231 Å². The first-order valence-corrected chi connectivity index (χ1v) is 34.8. The molecular formula is C73H132O6. The number of ether oxygens (including phenoxy) is 3. The molecule has 0 aliphatic heterocycles. The van der Waals surface area contributed by atoms with Crippen molar-refractivity contribution in [2.24, 2.45) is 0 Å². The van der Waals surface area contributed by atoms with Crippen molar-refractivity contribution in [2.45, 2.75) is 374 Å². The quantitative estimate of drug-likeness (QED) is 0.0261. The van der Waals surface area contributed by atoms with E-state index in [-0.39, 0.29) is 31.1 Å². The lowest BCUT2D eigenvalue weighted by Crippen LogP contribution is -2.30. The number of unbranched alkanes of at least 4 members (excludes halogenated alkanes) is 43. The van der Waals surface area contributed by atoms with E-state index < -0.39 is 6.10 Å². The molecule has 0 radical (unpaired) electrons. The van der Waals surface area contributed by atoms with Crippen LogP contribution in [0.1, 0.15) is 367 Å². The Balaban J connectivity index is 4.19. The summed E-state index contributed by atoms with van der Waals surface area (Å²) in [6, 6.07) is 0. The summed E-state index contributed by atoms with van der Waals surface area (Å²) in [4.78, 5) is 38.4. The largest absolute Gasteiger partial charge is 0.462 e. The van der Waals surface area contributed by atoms with Gasteiger partial charge in [-0.3, -0.25) is 14.4 Å². The molecule has 0 bridgehead atoms. The Bertz CT molecular complexity index is 1410. The fourth-order valence-corrected chi connectivity index (χ4v) is 10.2. The van der Waals surface area contributed by atoms with Crippen molar-refractivity contribution in [2.75, 3.05) is 13.2 Å². The minimum Gasteiger partial charge on any atom is -0.462 e. The fourth-order valence-electron chi connectivity index (χ4n) is 10.2. The summed E-state index contributed by atoms with van der Waals surface area (Å²) < 4.78 is 17.0. The summed E-state index contributed by atoms with van der Waals surface area (Å²) in [7, 11) is 0. The van der Waals surface area contributed by atoms with E-state index in [1.54, 1.807) is 0 Å². The van der Waals surface area contributed by atoms with Gasteiger partial charge in [0.2, 0.25) is 0 Å². The molecule has 460 valence electrons. The smallest absolute Gasteiger partial charge is 0.306 e. The van der Waals surface area contributed by atoms with Crippen molar-refractivity contribution in [1.29, 1.82) is 0 Å². The van der Waals surface area contributed by atoms with Gasteiger partial charge in [0.1, 0.15) is 13.2 Å². The molecule has 0 aromatic carbocycles. The van der Waals surface area contributed by atoms with Gasteiger partial charge in [-0.1, -0.05) is 319 Å². The second-order valence-corrected chi connectivity index (χ2v) is 23.4. The maximum Gasteiger partial charge on any atom is 0.306 e. The van der Waals surface area contributed by atoms with E-state index in [4.69, 9.17) is 14.2 Å². The third-order valence-corrected chi connectivity index (χ3v) is 15.5. The van der Waals surface area contributed by atoms with Crippen LogP contribution in [0.4, 0.5) is 0 Å². The predicted molar refractivity (Wildman–Crippen MR) is 344 cm³/mol. The minimum absolute atomic E-state index is 0.0751. The number of allylic oxidation sites excluding steroid dienone is 10. The van der Waals surface area contributed by atoms with Gasteiger partial charge < -0.3 is 14.2 Å². The van der Waals surface area contributed by atoms with E-state index in [1.807, 2.05) is 0 Å². The molecule has 0 amide bonds. The molecule has 0 N–H and O–H groups in total. The van der Waals surface area contributed by atoms with Crippen LogP contribution in [0, 0.1) is 0 Å². The van der Waals surface area contributed by atoms with Crippen molar-refractivity contribution in [3.8, 4) is 0 Å². The highest BCUT2D eigenvalue weighted by Crippen LogP contribution is 2.18. The van der Waals surface area contributed by atoms with Crippen LogP contribution in [0.25, 0.3) is 0 Å². The average Bonchev–Trinajstić information content (AvgIpc) is 3.45. The summed E-state index contributed by atoms with van der Waals surface area (Å²) in [6.45, 7) is 6.64. The van der Waals surface area contributed by atoms with Crippen LogP contribution in [0.3, 0.4) is 0 Å². The zero-order chi connectivity index (χ0) is 57.1. The van der Waals surface area contributed by atoms with Crippen LogP contribution in [-0.2, 0) is 28.6 Å². The zero-order valence-corrected chi connectivity index (χ0v) is 52.9. The Kier molecular flexibility index (Phi) is 65.1. The van der Waals surface area contributed by atoms with Crippen LogP contribution in [0.15, 0.2) is 60.8 Å². The van der Waals surface area contributed by atoms with Gasteiger partial charge in [-0.05, 0) is 89.9 Å². The van der Waals surface area contributed by atoms with Crippen molar-refractivity contribution < 1.29 is 28.6 Å². The van der Waals surface area contributed by atoms with Gasteiger partial charge in [0, 0.05) is 19.3 Å².